The van der Waals surface area contributed by atoms with E-state index in [1.807, 2.05) is 71.0 Å². The van der Waals surface area contributed by atoms with Crippen molar-refractivity contribution < 1.29 is 17.9 Å². The van der Waals surface area contributed by atoms with Crippen LogP contribution < -0.4 is 14.4 Å². The van der Waals surface area contributed by atoms with Gasteiger partial charge >= 0.3 is 0 Å². The first kappa shape index (κ1) is 25.3. The van der Waals surface area contributed by atoms with Crippen molar-refractivity contribution in [3.05, 3.63) is 89.0 Å². The Morgan fingerprint density at radius 2 is 1.44 bits per heavy atom. The van der Waals surface area contributed by atoms with Crippen molar-refractivity contribution in [2.45, 2.75) is 45.6 Å². The Kier molecular flexibility index (Phi) is 7.99. The molecule has 0 aliphatic rings. The smallest absolute Gasteiger partial charge is 0.264 e. The first-order valence-corrected chi connectivity index (χ1v) is 12.7. The molecule has 6 nitrogen and oxygen atoms in total. The van der Waals surface area contributed by atoms with Crippen LogP contribution in [0.15, 0.2) is 71.6 Å². The van der Waals surface area contributed by atoms with Gasteiger partial charge in [-0.1, -0.05) is 53.1 Å². The third-order valence-corrected chi connectivity index (χ3v) is 7.22. The SMILES string of the molecule is Cc1ccc(OCC(C)NC(=O)CN(c2ccc(C)cc2C)S(=O)(=O)c2ccc(C)cc2)cc1. The molecule has 0 fully saturated rings. The van der Waals surface area contributed by atoms with Crippen LogP contribution in [-0.4, -0.2) is 33.5 Å². The molecule has 0 saturated heterocycles. The summed E-state index contributed by atoms with van der Waals surface area (Å²) in [5, 5.41) is 2.86. The predicted molar refractivity (Wildman–Crippen MR) is 136 cm³/mol. The van der Waals surface area contributed by atoms with Crippen molar-refractivity contribution in [2.75, 3.05) is 17.5 Å². The van der Waals surface area contributed by atoms with Gasteiger partial charge in [0.25, 0.3) is 10.0 Å². The van der Waals surface area contributed by atoms with Crippen LogP contribution in [0.3, 0.4) is 0 Å². The summed E-state index contributed by atoms with van der Waals surface area (Å²) >= 11 is 0. The lowest BCUT2D eigenvalue weighted by molar-refractivity contribution is -0.120. The van der Waals surface area contributed by atoms with Crippen LogP contribution in [0.2, 0.25) is 0 Å². The highest BCUT2D eigenvalue weighted by atomic mass is 32.2. The number of aryl methyl sites for hydroxylation is 4. The highest BCUT2D eigenvalue weighted by Crippen LogP contribution is 2.27. The van der Waals surface area contributed by atoms with Gasteiger partial charge in [0.05, 0.1) is 16.6 Å². The van der Waals surface area contributed by atoms with Gasteiger partial charge in [-0.15, -0.1) is 0 Å². The zero-order valence-electron chi connectivity index (χ0n) is 20.3. The average Bonchev–Trinajstić information content (AvgIpc) is 2.78. The number of anilines is 1. The zero-order valence-corrected chi connectivity index (χ0v) is 21.1. The van der Waals surface area contributed by atoms with Gasteiger partial charge in [0.2, 0.25) is 5.91 Å². The van der Waals surface area contributed by atoms with Crippen LogP contribution in [0.5, 0.6) is 5.75 Å². The summed E-state index contributed by atoms with van der Waals surface area (Å²) in [6.07, 6.45) is 0. The second-order valence-corrected chi connectivity index (χ2v) is 10.6. The van der Waals surface area contributed by atoms with E-state index in [9.17, 15) is 13.2 Å². The molecule has 34 heavy (non-hydrogen) atoms. The summed E-state index contributed by atoms with van der Waals surface area (Å²) in [5.74, 6) is 0.307. The first-order chi connectivity index (χ1) is 16.1. The summed E-state index contributed by atoms with van der Waals surface area (Å²) in [5.41, 5.74) is 4.36. The number of ether oxygens (including phenoxy) is 1. The maximum Gasteiger partial charge on any atom is 0.264 e. The molecule has 3 aromatic carbocycles. The molecule has 0 aromatic heterocycles. The number of nitrogens with one attached hydrogen (secondary N) is 1. The minimum Gasteiger partial charge on any atom is -0.491 e. The van der Waals surface area contributed by atoms with E-state index in [1.165, 1.54) is 4.31 Å². The second kappa shape index (κ2) is 10.7. The molecule has 0 radical (unpaired) electrons. The molecular weight excluding hydrogens is 448 g/mol. The Bertz CT molecular complexity index is 1240. The van der Waals surface area contributed by atoms with Crippen LogP contribution in [-0.2, 0) is 14.8 Å². The van der Waals surface area contributed by atoms with E-state index in [4.69, 9.17) is 4.74 Å². The van der Waals surface area contributed by atoms with E-state index in [0.29, 0.717) is 11.4 Å². The van der Waals surface area contributed by atoms with E-state index in [2.05, 4.69) is 5.32 Å². The second-order valence-electron chi connectivity index (χ2n) is 8.71. The number of carbonyl (C=O) groups excluding carboxylic acids is 1. The largest absolute Gasteiger partial charge is 0.491 e. The van der Waals surface area contributed by atoms with E-state index in [-0.39, 0.29) is 24.1 Å². The Morgan fingerprint density at radius 3 is 2.03 bits per heavy atom. The fourth-order valence-corrected chi connectivity index (χ4v) is 5.06. The van der Waals surface area contributed by atoms with Crippen molar-refractivity contribution in [1.82, 2.24) is 5.32 Å². The average molecular weight is 481 g/mol. The Hall–Kier alpha value is -3.32. The van der Waals surface area contributed by atoms with Crippen molar-refractivity contribution in [2.24, 2.45) is 0 Å². The molecule has 0 heterocycles. The maximum absolute atomic E-state index is 13.6. The molecule has 0 saturated carbocycles. The third kappa shape index (κ3) is 6.38. The molecule has 0 spiro atoms. The van der Waals surface area contributed by atoms with Gasteiger partial charge in [-0.3, -0.25) is 9.10 Å². The number of benzene rings is 3. The number of amides is 1. The molecule has 1 atom stereocenters. The summed E-state index contributed by atoms with van der Waals surface area (Å²) in [7, 11) is -3.96. The molecule has 0 aliphatic carbocycles. The molecule has 1 N–H and O–H groups in total. The normalized spacial score (nSPS) is 12.1. The fraction of sp³-hybridized carbons (Fsp3) is 0.296. The van der Waals surface area contributed by atoms with Crippen molar-refractivity contribution in [3.63, 3.8) is 0 Å². The lowest BCUT2D eigenvalue weighted by atomic mass is 10.1. The monoisotopic (exact) mass is 480 g/mol. The quantitative estimate of drug-likeness (QED) is 0.482. The van der Waals surface area contributed by atoms with Gasteiger partial charge < -0.3 is 10.1 Å². The van der Waals surface area contributed by atoms with Crippen LogP contribution in [0.1, 0.15) is 29.2 Å². The van der Waals surface area contributed by atoms with Gasteiger partial charge in [-0.25, -0.2) is 8.42 Å². The van der Waals surface area contributed by atoms with Crippen LogP contribution in [0.25, 0.3) is 0 Å². The number of hydrogen-bond donors (Lipinski definition) is 1. The van der Waals surface area contributed by atoms with E-state index < -0.39 is 15.9 Å². The molecule has 0 aliphatic heterocycles. The lowest BCUT2D eigenvalue weighted by Gasteiger charge is -2.26. The molecule has 1 unspecified atom stereocenters. The summed E-state index contributed by atoms with van der Waals surface area (Å²) in [6, 6.07) is 19.5. The number of nitrogens with zero attached hydrogens (tertiary/aromatic N) is 1. The predicted octanol–water partition coefficient (Wildman–Crippen LogP) is 4.70. The minimum atomic E-state index is -3.96. The number of carbonyl (C=O) groups is 1. The van der Waals surface area contributed by atoms with Gasteiger partial charge in [-0.05, 0) is 70.5 Å². The van der Waals surface area contributed by atoms with E-state index in [1.54, 1.807) is 30.3 Å². The summed E-state index contributed by atoms with van der Waals surface area (Å²) in [6.45, 7) is 9.43. The number of hydrogen-bond acceptors (Lipinski definition) is 4. The minimum absolute atomic E-state index is 0.140. The molecule has 0 bridgehead atoms. The molecule has 3 rings (SSSR count). The Labute approximate surface area is 202 Å². The standard InChI is InChI=1S/C27H32N2O4S/c1-19-6-11-24(12-7-19)33-18-23(5)28-27(30)17-29(26-15-10-21(3)16-22(26)4)34(31,32)25-13-8-20(2)9-14-25/h6-16,23H,17-18H2,1-5H3,(H,28,30). The fourth-order valence-electron chi connectivity index (χ4n) is 3.57. The highest BCUT2D eigenvalue weighted by Gasteiger charge is 2.28. The summed E-state index contributed by atoms with van der Waals surface area (Å²) in [4.78, 5) is 13.1. The molecule has 1 amide bonds. The summed E-state index contributed by atoms with van der Waals surface area (Å²) < 4.78 is 34.0. The number of sulfonamides is 1. The van der Waals surface area contributed by atoms with Gasteiger partial charge in [0.15, 0.2) is 0 Å². The van der Waals surface area contributed by atoms with E-state index >= 15 is 0 Å². The first-order valence-electron chi connectivity index (χ1n) is 11.2. The highest BCUT2D eigenvalue weighted by molar-refractivity contribution is 7.92. The van der Waals surface area contributed by atoms with Gasteiger partial charge in [0.1, 0.15) is 18.9 Å². The van der Waals surface area contributed by atoms with Gasteiger partial charge in [-0.2, -0.15) is 0 Å². The molecule has 7 heteroatoms. The maximum atomic E-state index is 13.6. The number of rotatable bonds is 9. The topological polar surface area (TPSA) is 75.7 Å². The van der Waals surface area contributed by atoms with Crippen LogP contribution in [0, 0.1) is 27.7 Å². The van der Waals surface area contributed by atoms with E-state index in [0.717, 1.165) is 22.3 Å². The molecule has 3 aromatic rings. The van der Waals surface area contributed by atoms with Gasteiger partial charge in [0, 0.05) is 0 Å². The van der Waals surface area contributed by atoms with Crippen molar-refractivity contribution >= 4 is 21.6 Å². The Morgan fingerprint density at radius 1 is 0.882 bits per heavy atom. The Balaban J connectivity index is 1.78. The zero-order chi connectivity index (χ0) is 24.9. The van der Waals surface area contributed by atoms with Crippen LogP contribution >= 0.6 is 0 Å². The van der Waals surface area contributed by atoms with Crippen molar-refractivity contribution in [3.8, 4) is 5.75 Å². The van der Waals surface area contributed by atoms with Crippen molar-refractivity contribution in [1.29, 1.82) is 0 Å². The molecular formula is C27H32N2O4S. The molecule has 180 valence electrons. The van der Waals surface area contributed by atoms with Crippen LogP contribution in [0.4, 0.5) is 5.69 Å². The lowest BCUT2D eigenvalue weighted by Crippen LogP contribution is -2.45. The third-order valence-electron chi connectivity index (χ3n) is 5.45.